The molecule has 0 amide bonds. The molecule has 0 saturated heterocycles. The maximum absolute atomic E-state index is 8.24. The summed E-state index contributed by atoms with van der Waals surface area (Å²) in [5.41, 5.74) is 0. The summed E-state index contributed by atoms with van der Waals surface area (Å²) in [6.45, 7) is 2.35. The van der Waals surface area contributed by atoms with Crippen molar-refractivity contribution >= 4 is 0 Å². The third-order valence-electron chi connectivity index (χ3n) is 1.36. The van der Waals surface area contributed by atoms with Gasteiger partial charge in [0.2, 0.25) is 0 Å². The highest BCUT2D eigenvalue weighted by atomic mass is 16.2. The Kier molecular flexibility index (Phi) is 10.0. The summed E-state index contributed by atoms with van der Waals surface area (Å²) in [5, 5.41) is 8.24. The van der Waals surface area contributed by atoms with Gasteiger partial charge in [-0.2, -0.15) is 0 Å². The van der Waals surface area contributed by atoms with Gasteiger partial charge in [0.05, 0.1) is 0 Å². The quantitative estimate of drug-likeness (QED) is 0.705. The van der Waals surface area contributed by atoms with Gasteiger partial charge in [-0.05, 0) is 12.8 Å². The minimum absolute atomic E-state index is 0.274. The first-order valence-electron chi connectivity index (χ1n) is 4.67. The van der Waals surface area contributed by atoms with Gasteiger partial charge in [-0.3, -0.25) is 0 Å². The van der Waals surface area contributed by atoms with Gasteiger partial charge in [0.15, 0.2) is 0 Å². The molecular weight excluding hydrogens is 160 g/mol. The van der Waals surface area contributed by atoms with E-state index < -0.39 is 0 Å². The lowest BCUT2D eigenvalue weighted by Crippen LogP contribution is -1.73. The van der Waals surface area contributed by atoms with E-state index in [0.29, 0.717) is 0 Å². The standard InChI is InChI=1S/C6H12O.C6H6/c1-2-3-4-5-6-7;1-2-4-6-5-3-1/h3-4,7H,2,5-6H2,1H3;1-6H/b4-3-;. The molecule has 1 aromatic carbocycles. The zero-order valence-corrected chi connectivity index (χ0v) is 8.19. The summed E-state index contributed by atoms with van der Waals surface area (Å²) in [5.74, 6) is 0. The summed E-state index contributed by atoms with van der Waals surface area (Å²) < 4.78 is 0. The van der Waals surface area contributed by atoms with E-state index in [1.54, 1.807) is 0 Å². The Bertz CT molecular complexity index is 165. The second kappa shape index (κ2) is 10.9. The number of hydrogen-bond donors (Lipinski definition) is 1. The van der Waals surface area contributed by atoms with Crippen LogP contribution in [0, 0.1) is 0 Å². The van der Waals surface area contributed by atoms with Gasteiger partial charge in [0.1, 0.15) is 0 Å². The van der Waals surface area contributed by atoms with Crippen molar-refractivity contribution in [3.05, 3.63) is 48.6 Å². The Labute approximate surface area is 80.7 Å². The first kappa shape index (κ1) is 11.9. The van der Waals surface area contributed by atoms with Crippen molar-refractivity contribution in [3.63, 3.8) is 0 Å². The molecule has 0 radical (unpaired) electrons. The molecule has 0 spiro atoms. The molecule has 1 rings (SSSR count). The first-order chi connectivity index (χ1) is 6.41. The van der Waals surface area contributed by atoms with E-state index in [0.717, 1.165) is 12.8 Å². The topological polar surface area (TPSA) is 20.2 Å². The van der Waals surface area contributed by atoms with Crippen molar-refractivity contribution in [1.82, 2.24) is 0 Å². The summed E-state index contributed by atoms with van der Waals surface area (Å²) in [6, 6.07) is 12.0. The molecule has 0 aromatic heterocycles. The average molecular weight is 178 g/mol. The van der Waals surface area contributed by atoms with E-state index in [2.05, 4.69) is 13.0 Å². The van der Waals surface area contributed by atoms with E-state index >= 15 is 0 Å². The van der Waals surface area contributed by atoms with E-state index in [4.69, 9.17) is 5.11 Å². The molecule has 0 heterocycles. The molecule has 0 fully saturated rings. The molecule has 0 bridgehead atoms. The summed E-state index contributed by atoms with van der Waals surface area (Å²) in [4.78, 5) is 0. The average Bonchev–Trinajstić information content (AvgIpc) is 2.22. The van der Waals surface area contributed by atoms with Crippen LogP contribution in [0.3, 0.4) is 0 Å². The van der Waals surface area contributed by atoms with Crippen LogP contribution in [0.25, 0.3) is 0 Å². The number of hydrogen-bond acceptors (Lipinski definition) is 1. The highest BCUT2D eigenvalue weighted by molar-refractivity contribution is 4.99. The second-order valence-electron chi connectivity index (χ2n) is 2.55. The van der Waals surface area contributed by atoms with Crippen LogP contribution >= 0.6 is 0 Å². The molecule has 0 saturated carbocycles. The minimum Gasteiger partial charge on any atom is -0.396 e. The summed E-state index contributed by atoms with van der Waals surface area (Å²) in [7, 11) is 0. The van der Waals surface area contributed by atoms with E-state index in [9.17, 15) is 0 Å². The van der Waals surface area contributed by atoms with Crippen LogP contribution in [0.4, 0.5) is 0 Å². The van der Waals surface area contributed by atoms with Crippen molar-refractivity contribution in [1.29, 1.82) is 0 Å². The van der Waals surface area contributed by atoms with Gasteiger partial charge >= 0.3 is 0 Å². The molecule has 0 aliphatic carbocycles. The lowest BCUT2D eigenvalue weighted by Gasteiger charge is -1.79. The van der Waals surface area contributed by atoms with E-state index in [-0.39, 0.29) is 6.61 Å². The molecule has 0 unspecified atom stereocenters. The smallest absolute Gasteiger partial charge is 0.0465 e. The van der Waals surface area contributed by atoms with Crippen LogP contribution < -0.4 is 0 Å². The van der Waals surface area contributed by atoms with Gasteiger partial charge in [-0.15, -0.1) is 0 Å². The molecule has 0 aliphatic rings. The monoisotopic (exact) mass is 178 g/mol. The number of allylic oxidation sites excluding steroid dienone is 1. The third kappa shape index (κ3) is 10.9. The lowest BCUT2D eigenvalue weighted by atomic mass is 10.3. The maximum Gasteiger partial charge on any atom is 0.0465 e. The van der Waals surface area contributed by atoms with Crippen molar-refractivity contribution in [2.24, 2.45) is 0 Å². The molecule has 0 aliphatic heterocycles. The molecule has 1 heteroatoms. The van der Waals surface area contributed by atoms with Crippen molar-refractivity contribution in [2.75, 3.05) is 6.61 Å². The van der Waals surface area contributed by atoms with E-state index in [1.165, 1.54) is 0 Å². The van der Waals surface area contributed by atoms with E-state index in [1.807, 2.05) is 42.5 Å². The van der Waals surface area contributed by atoms with Gasteiger partial charge in [0.25, 0.3) is 0 Å². The maximum atomic E-state index is 8.24. The van der Waals surface area contributed by atoms with Crippen LogP contribution in [0.15, 0.2) is 48.6 Å². The molecular formula is C12H18O. The molecule has 72 valence electrons. The zero-order valence-electron chi connectivity index (χ0n) is 8.19. The van der Waals surface area contributed by atoms with Crippen LogP contribution in [0.5, 0.6) is 0 Å². The first-order valence-corrected chi connectivity index (χ1v) is 4.67. The molecule has 1 N–H and O–H groups in total. The van der Waals surface area contributed by atoms with Crippen LogP contribution in [-0.4, -0.2) is 11.7 Å². The normalized spacial score (nSPS) is 9.38. The van der Waals surface area contributed by atoms with Crippen molar-refractivity contribution < 1.29 is 5.11 Å². The summed E-state index contributed by atoms with van der Waals surface area (Å²) in [6.07, 6.45) is 5.91. The van der Waals surface area contributed by atoms with Crippen LogP contribution in [-0.2, 0) is 0 Å². The van der Waals surface area contributed by atoms with Crippen LogP contribution in [0.2, 0.25) is 0 Å². The molecule has 0 atom stereocenters. The Morgan fingerprint density at radius 2 is 1.38 bits per heavy atom. The van der Waals surface area contributed by atoms with Crippen molar-refractivity contribution in [2.45, 2.75) is 19.8 Å². The Balaban J connectivity index is 0.000000223. The molecule has 1 aromatic rings. The molecule has 1 nitrogen and oxygen atoms in total. The predicted molar refractivity (Wildman–Crippen MR) is 57.6 cm³/mol. The van der Waals surface area contributed by atoms with Gasteiger partial charge in [0, 0.05) is 6.61 Å². The van der Waals surface area contributed by atoms with Gasteiger partial charge < -0.3 is 5.11 Å². The fourth-order valence-corrected chi connectivity index (χ4v) is 0.744. The minimum atomic E-state index is 0.274. The van der Waals surface area contributed by atoms with Crippen LogP contribution in [0.1, 0.15) is 19.8 Å². The fourth-order valence-electron chi connectivity index (χ4n) is 0.744. The Morgan fingerprint density at radius 1 is 0.923 bits per heavy atom. The fraction of sp³-hybridized carbons (Fsp3) is 0.333. The number of benzene rings is 1. The zero-order chi connectivity index (χ0) is 9.78. The largest absolute Gasteiger partial charge is 0.396 e. The van der Waals surface area contributed by atoms with Gasteiger partial charge in [-0.1, -0.05) is 55.5 Å². The van der Waals surface area contributed by atoms with Crippen molar-refractivity contribution in [3.8, 4) is 0 Å². The number of aliphatic hydroxyl groups is 1. The highest BCUT2D eigenvalue weighted by Gasteiger charge is 1.69. The highest BCUT2D eigenvalue weighted by Crippen LogP contribution is 1.82. The second-order valence-corrected chi connectivity index (χ2v) is 2.55. The summed E-state index contributed by atoms with van der Waals surface area (Å²) >= 11 is 0. The Hall–Kier alpha value is -1.08. The third-order valence-corrected chi connectivity index (χ3v) is 1.36. The SMILES string of the molecule is CC/C=C\CCO.c1ccccc1. The van der Waals surface area contributed by atoms with Gasteiger partial charge in [-0.25, -0.2) is 0 Å². The Morgan fingerprint density at radius 3 is 1.69 bits per heavy atom. The predicted octanol–water partition coefficient (Wildman–Crippen LogP) is 3.02. The molecule has 13 heavy (non-hydrogen) atoms. The number of rotatable bonds is 3. The number of aliphatic hydroxyl groups excluding tert-OH is 1. The lowest BCUT2D eigenvalue weighted by molar-refractivity contribution is 0.302.